The molecule has 1 heterocycles. The van der Waals surface area contributed by atoms with Crippen LogP contribution >= 0.6 is 23.4 Å². The summed E-state index contributed by atoms with van der Waals surface area (Å²) in [5.41, 5.74) is 2.47. The van der Waals surface area contributed by atoms with Crippen molar-refractivity contribution < 1.29 is 4.79 Å². The van der Waals surface area contributed by atoms with E-state index in [2.05, 4.69) is 40.5 Å². The summed E-state index contributed by atoms with van der Waals surface area (Å²) in [5.74, 6) is 2.21. The highest BCUT2D eigenvalue weighted by molar-refractivity contribution is 7.98. The largest absolute Gasteiger partial charge is 0.355 e. The molecule has 1 saturated heterocycles. The van der Waals surface area contributed by atoms with Crippen LogP contribution < -0.4 is 5.32 Å². The molecule has 5 heteroatoms. The Morgan fingerprint density at radius 3 is 2.74 bits per heavy atom. The number of benzene rings is 2. The maximum Gasteiger partial charge on any atom is 0.224 e. The first-order valence-electron chi connectivity index (χ1n) is 9.57. The number of rotatable bonds is 8. The molecule has 0 aromatic heterocycles. The maximum atomic E-state index is 12.5. The third kappa shape index (κ3) is 6.56. The topological polar surface area (TPSA) is 32.3 Å². The number of thioether (sulfide) groups is 1. The Hall–Kier alpha value is -1.49. The fourth-order valence-electron chi connectivity index (χ4n) is 3.44. The number of amides is 1. The van der Waals surface area contributed by atoms with Crippen molar-refractivity contribution in [2.75, 3.05) is 25.4 Å². The number of nitrogens with zero attached hydrogens (tertiary/aromatic N) is 1. The molecule has 1 amide bonds. The molecule has 0 radical (unpaired) electrons. The van der Waals surface area contributed by atoms with Crippen molar-refractivity contribution in [1.29, 1.82) is 0 Å². The van der Waals surface area contributed by atoms with Gasteiger partial charge < -0.3 is 5.32 Å². The number of hydrogen-bond donors (Lipinski definition) is 1. The summed E-state index contributed by atoms with van der Waals surface area (Å²) in [6.07, 6.45) is 2.04. The van der Waals surface area contributed by atoms with Crippen molar-refractivity contribution in [3.05, 3.63) is 70.7 Å². The standard InChI is InChI=1S/C22H27ClN2OS/c23-21-11-5-4-9-19(21)15-25-13-6-10-20(16-25)22(26)24-12-14-27-17-18-7-2-1-3-8-18/h1-5,7-9,11,20H,6,10,12-17H2,(H,24,26)/t20-/m0/s1. The Morgan fingerprint density at radius 1 is 1.15 bits per heavy atom. The first-order chi connectivity index (χ1) is 13.2. The van der Waals surface area contributed by atoms with Crippen molar-refractivity contribution in [2.24, 2.45) is 5.92 Å². The molecule has 27 heavy (non-hydrogen) atoms. The van der Waals surface area contributed by atoms with Crippen LogP contribution in [-0.2, 0) is 17.1 Å². The molecule has 1 fully saturated rings. The second kappa shape index (κ2) is 10.7. The summed E-state index contributed by atoms with van der Waals surface area (Å²) in [7, 11) is 0. The lowest BCUT2D eigenvalue weighted by Crippen LogP contribution is -2.43. The molecule has 3 rings (SSSR count). The van der Waals surface area contributed by atoms with E-state index < -0.39 is 0 Å². The zero-order valence-corrected chi connectivity index (χ0v) is 17.1. The van der Waals surface area contributed by atoms with Gasteiger partial charge in [-0.05, 0) is 36.6 Å². The molecule has 0 aliphatic carbocycles. The minimum atomic E-state index is 0.0837. The molecule has 0 unspecified atom stereocenters. The monoisotopic (exact) mass is 402 g/mol. The lowest BCUT2D eigenvalue weighted by atomic mass is 9.96. The van der Waals surface area contributed by atoms with Crippen molar-refractivity contribution in [1.82, 2.24) is 10.2 Å². The van der Waals surface area contributed by atoms with Crippen LogP contribution in [-0.4, -0.2) is 36.2 Å². The summed E-state index contributed by atoms with van der Waals surface area (Å²) in [6.45, 7) is 3.39. The van der Waals surface area contributed by atoms with Gasteiger partial charge >= 0.3 is 0 Å². The van der Waals surface area contributed by atoms with E-state index in [4.69, 9.17) is 11.6 Å². The maximum absolute atomic E-state index is 12.5. The van der Waals surface area contributed by atoms with Gasteiger partial charge in [-0.2, -0.15) is 11.8 Å². The minimum Gasteiger partial charge on any atom is -0.355 e. The van der Waals surface area contributed by atoms with Crippen molar-refractivity contribution in [3.63, 3.8) is 0 Å². The Morgan fingerprint density at radius 2 is 1.93 bits per heavy atom. The summed E-state index contributed by atoms with van der Waals surface area (Å²) in [6, 6.07) is 18.4. The van der Waals surface area contributed by atoms with Gasteiger partial charge in [0.15, 0.2) is 0 Å². The van der Waals surface area contributed by atoms with Gasteiger partial charge in [0.25, 0.3) is 0 Å². The van der Waals surface area contributed by atoms with E-state index in [0.29, 0.717) is 0 Å². The third-order valence-corrected chi connectivity index (χ3v) is 6.28. The number of carbonyl (C=O) groups excluding carboxylic acids is 1. The van der Waals surface area contributed by atoms with E-state index in [0.717, 1.165) is 61.1 Å². The van der Waals surface area contributed by atoms with E-state index in [-0.39, 0.29) is 11.8 Å². The van der Waals surface area contributed by atoms with Crippen LogP contribution in [0.2, 0.25) is 5.02 Å². The van der Waals surface area contributed by atoms with Crippen LogP contribution in [0.1, 0.15) is 24.0 Å². The number of likely N-dealkylation sites (tertiary alicyclic amines) is 1. The van der Waals surface area contributed by atoms with Crippen LogP contribution in [0.5, 0.6) is 0 Å². The normalized spacial score (nSPS) is 17.6. The van der Waals surface area contributed by atoms with E-state index >= 15 is 0 Å². The molecule has 2 aromatic carbocycles. The average molecular weight is 403 g/mol. The van der Waals surface area contributed by atoms with Crippen molar-refractivity contribution >= 4 is 29.3 Å². The van der Waals surface area contributed by atoms with Gasteiger partial charge in [-0.1, -0.05) is 60.1 Å². The second-order valence-electron chi connectivity index (χ2n) is 6.99. The van der Waals surface area contributed by atoms with E-state index in [9.17, 15) is 4.79 Å². The number of hydrogen-bond acceptors (Lipinski definition) is 3. The van der Waals surface area contributed by atoms with E-state index in [1.807, 2.05) is 36.0 Å². The summed E-state index contributed by atoms with van der Waals surface area (Å²) >= 11 is 8.14. The predicted molar refractivity (Wildman–Crippen MR) is 115 cm³/mol. The highest BCUT2D eigenvalue weighted by atomic mass is 35.5. The van der Waals surface area contributed by atoms with Crippen LogP contribution in [0.3, 0.4) is 0 Å². The number of halogens is 1. The molecule has 1 atom stereocenters. The van der Waals surface area contributed by atoms with Gasteiger partial charge in [-0.15, -0.1) is 0 Å². The second-order valence-corrected chi connectivity index (χ2v) is 8.51. The first-order valence-corrected chi connectivity index (χ1v) is 11.1. The van der Waals surface area contributed by atoms with Crippen LogP contribution in [0.15, 0.2) is 54.6 Å². The Bertz CT molecular complexity index is 725. The van der Waals surface area contributed by atoms with Crippen LogP contribution in [0.4, 0.5) is 0 Å². The van der Waals surface area contributed by atoms with Gasteiger partial charge in [0.2, 0.25) is 5.91 Å². The average Bonchev–Trinajstić information content (AvgIpc) is 2.70. The lowest BCUT2D eigenvalue weighted by molar-refractivity contribution is -0.126. The summed E-state index contributed by atoms with van der Waals surface area (Å²) in [4.78, 5) is 14.9. The zero-order chi connectivity index (χ0) is 18.9. The Labute approximate surface area is 171 Å². The van der Waals surface area contributed by atoms with E-state index in [1.165, 1.54) is 5.56 Å². The predicted octanol–water partition coefficient (Wildman–Crippen LogP) is 4.60. The molecule has 144 valence electrons. The molecule has 0 saturated carbocycles. The fourth-order valence-corrected chi connectivity index (χ4v) is 4.45. The summed E-state index contributed by atoms with van der Waals surface area (Å²) in [5, 5.41) is 3.93. The van der Waals surface area contributed by atoms with Crippen LogP contribution in [0, 0.1) is 5.92 Å². The van der Waals surface area contributed by atoms with Gasteiger partial charge in [-0.3, -0.25) is 9.69 Å². The molecule has 0 bridgehead atoms. The molecule has 1 aliphatic heterocycles. The first kappa shape index (κ1) is 20.2. The van der Waals surface area contributed by atoms with Gasteiger partial charge in [-0.25, -0.2) is 0 Å². The summed E-state index contributed by atoms with van der Waals surface area (Å²) < 4.78 is 0. The van der Waals surface area contributed by atoms with Crippen molar-refractivity contribution in [3.8, 4) is 0 Å². The fraction of sp³-hybridized carbons (Fsp3) is 0.409. The lowest BCUT2D eigenvalue weighted by Gasteiger charge is -2.32. The van der Waals surface area contributed by atoms with E-state index in [1.54, 1.807) is 0 Å². The molecule has 0 spiro atoms. The Kier molecular flexibility index (Phi) is 8.06. The number of piperidine rings is 1. The Balaban J connectivity index is 1.37. The highest BCUT2D eigenvalue weighted by Crippen LogP contribution is 2.22. The molecule has 1 N–H and O–H groups in total. The number of nitrogens with one attached hydrogen (secondary N) is 1. The number of carbonyl (C=O) groups is 1. The minimum absolute atomic E-state index is 0.0837. The quantitative estimate of drug-likeness (QED) is 0.655. The molecule has 3 nitrogen and oxygen atoms in total. The zero-order valence-electron chi connectivity index (χ0n) is 15.6. The van der Waals surface area contributed by atoms with Gasteiger partial charge in [0, 0.05) is 36.2 Å². The SMILES string of the molecule is O=C(NCCSCc1ccccc1)[C@H]1CCCN(Cc2ccccc2Cl)C1. The van der Waals surface area contributed by atoms with Crippen LogP contribution in [0.25, 0.3) is 0 Å². The third-order valence-electron chi connectivity index (χ3n) is 4.89. The van der Waals surface area contributed by atoms with Crippen molar-refractivity contribution in [2.45, 2.75) is 25.1 Å². The van der Waals surface area contributed by atoms with Gasteiger partial charge in [0.05, 0.1) is 5.92 Å². The molecular weight excluding hydrogens is 376 g/mol. The molecule has 2 aromatic rings. The molecular formula is C22H27ClN2OS. The highest BCUT2D eigenvalue weighted by Gasteiger charge is 2.25. The smallest absolute Gasteiger partial charge is 0.224 e. The molecule has 1 aliphatic rings. The van der Waals surface area contributed by atoms with Gasteiger partial charge in [0.1, 0.15) is 0 Å².